The van der Waals surface area contributed by atoms with E-state index in [0.29, 0.717) is 0 Å². The van der Waals surface area contributed by atoms with Crippen LogP contribution in [0.15, 0.2) is 18.2 Å². The topological polar surface area (TPSA) is 0 Å². The summed E-state index contributed by atoms with van der Waals surface area (Å²) in [5, 5.41) is 0. The van der Waals surface area contributed by atoms with Gasteiger partial charge in [-0.1, -0.05) is 31.6 Å². The molecule has 0 saturated heterocycles. The summed E-state index contributed by atoms with van der Waals surface area (Å²) in [6, 6.07) is 3.94. The van der Waals surface area contributed by atoms with Crippen LogP contribution < -0.4 is 0 Å². The van der Waals surface area contributed by atoms with Gasteiger partial charge in [0.2, 0.25) is 0 Å². The predicted octanol–water partition coefficient (Wildman–Crippen LogP) is 4.51. The third-order valence-corrected chi connectivity index (χ3v) is 2.84. The molecule has 0 bridgehead atoms. The number of allylic oxidation sites excluding steroid dienone is 2. The van der Waals surface area contributed by atoms with Crippen molar-refractivity contribution in [3.8, 4) is 0 Å². The minimum absolute atomic E-state index is 0.0319. The van der Waals surface area contributed by atoms with Crippen molar-refractivity contribution in [2.45, 2.75) is 40.5 Å². The second-order valence-electron chi connectivity index (χ2n) is 3.93. The minimum atomic E-state index is -0.0319. The van der Waals surface area contributed by atoms with Crippen molar-refractivity contribution in [1.29, 1.82) is 0 Å². The highest BCUT2D eigenvalue weighted by molar-refractivity contribution is 5.66. The molecule has 1 rings (SSSR count). The fourth-order valence-electron chi connectivity index (χ4n) is 1.79. The number of halogens is 1. The Morgan fingerprint density at radius 3 is 2.60 bits per heavy atom. The van der Waals surface area contributed by atoms with Crippen LogP contribution in [0.4, 0.5) is 4.39 Å². The molecule has 0 aliphatic carbocycles. The summed E-state index contributed by atoms with van der Waals surface area (Å²) in [5.74, 6) is -0.0319. The maximum atomic E-state index is 13.9. The quantitative estimate of drug-likeness (QED) is 0.682. The number of rotatable bonds is 3. The molecule has 0 heterocycles. The zero-order chi connectivity index (χ0) is 11.4. The average molecular weight is 206 g/mol. The number of aryl methyl sites for hydroxylation is 1. The van der Waals surface area contributed by atoms with Gasteiger partial charge in [-0.2, -0.15) is 0 Å². The summed E-state index contributed by atoms with van der Waals surface area (Å²) >= 11 is 0. The normalized spacial score (nSPS) is 11.9. The number of benzene rings is 1. The van der Waals surface area contributed by atoms with Crippen molar-refractivity contribution >= 4 is 5.57 Å². The summed E-state index contributed by atoms with van der Waals surface area (Å²) in [7, 11) is 0. The Hall–Kier alpha value is -1.11. The van der Waals surface area contributed by atoms with Crippen LogP contribution in [0.1, 0.15) is 43.9 Å². The highest BCUT2D eigenvalue weighted by Crippen LogP contribution is 2.23. The molecule has 82 valence electrons. The highest BCUT2D eigenvalue weighted by Gasteiger charge is 2.09. The fraction of sp³-hybridized carbons (Fsp3) is 0.429. The smallest absolute Gasteiger partial charge is 0.129 e. The molecule has 1 heteroatoms. The van der Waals surface area contributed by atoms with E-state index in [-0.39, 0.29) is 5.82 Å². The molecular formula is C14H19F. The van der Waals surface area contributed by atoms with Crippen LogP contribution in [0.3, 0.4) is 0 Å². The van der Waals surface area contributed by atoms with Crippen LogP contribution in [0.5, 0.6) is 0 Å². The van der Waals surface area contributed by atoms with Crippen LogP contribution in [0.2, 0.25) is 0 Å². The summed E-state index contributed by atoms with van der Waals surface area (Å²) < 4.78 is 13.9. The van der Waals surface area contributed by atoms with Crippen LogP contribution in [0.25, 0.3) is 5.57 Å². The van der Waals surface area contributed by atoms with Gasteiger partial charge >= 0.3 is 0 Å². The molecule has 0 radical (unpaired) electrons. The Balaban J connectivity index is 3.21. The van der Waals surface area contributed by atoms with Gasteiger partial charge in [0.25, 0.3) is 0 Å². The Morgan fingerprint density at radius 1 is 1.40 bits per heavy atom. The van der Waals surface area contributed by atoms with Gasteiger partial charge in [0.1, 0.15) is 5.82 Å². The van der Waals surface area contributed by atoms with E-state index >= 15 is 0 Å². The summed E-state index contributed by atoms with van der Waals surface area (Å²) in [4.78, 5) is 0. The lowest BCUT2D eigenvalue weighted by molar-refractivity contribution is 0.598. The van der Waals surface area contributed by atoms with E-state index in [1.54, 1.807) is 0 Å². The summed E-state index contributed by atoms with van der Waals surface area (Å²) in [6.07, 6.45) is 3.82. The minimum Gasteiger partial charge on any atom is -0.206 e. The van der Waals surface area contributed by atoms with Crippen LogP contribution >= 0.6 is 0 Å². The molecule has 0 fully saturated rings. The molecule has 1 aromatic rings. The van der Waals surface area contributed by atoms with Crippen molar-refractivity contribution in [3.63, 3.8) is 0 Å². The van der Waals surface area contributed by atoms with E-state index in [9.17, 15) is 4.39 Å². The average Bonchev–Trinajstić information content (AvgIpc) is 2.24. The van der Waals surface area contributed by atoms with Crippen molar-refractivity contribution in [2.75, 3.05) is 0 Å². The first-order chi connectivity index (χ1) is 7.11. The second kappa shape index (κ2) is 5.11. The first-order valence-corrected chi connectivity index (χ1v) is 5.53. The molecule has 0 aliphatic rings. The van der Waals surface area contributed by atoms with Crippen LogP contribution in [0, 0.1) is 12.7 Å². The standard InChI is InChI=1S/C14H19F/c1-5-7-12-8-9-13(10(3)6-2)11(4)14(12)15/h6,8-9H,5,7H2,1-4H3/b10-6+. The fourth-order valence-corrected chi connectivity index (χ4v) is 1.79. The van der Waals surface area contributed by atoms with E-state index in [0.717, 1.165) is 35.1 Å². The van der Waals surface area contributed by atoms with Gasteiger partial charge in [-0.15, -0.1) is 0 Å². The predicted molar refractivity (Wildman–Crippen MR) is 64.5 cm³/mol. The van der Waals surface area contributed by atoms with E-state index < -0.39 is 0 Å². The maximum Gasteiger partial charge on any atom is 0.129 e. The molecule has 0 atom stereocenters. The van der Waals surface area contributed by atoms with Gasteiger partial charge in [0.05, 0.1) is 0 Å². The molecule has 15 heavy (non-hydrogen) atoms. The third kappa shape index (κ3) is 2.47. The summed E-state index contributed by atoms with van der Waals surface area (Å²) in [5.41, 5.74) is 3.77. The molecule has 1 aromatic carbocycles. The van der Waals surface area contributed by atoms with E-state index in [1.807, 2.05) is 39.0 Å². The second-order valence-corrected chi connectivity index (χ2v) is 3.93. The Labute approximate surface area is 91.8 Å². The highest BCUT2D eigenvalue weighted by atomic mass is 19.1. The third-order valence-electron chi connectivity index (χ3n) is 2.84. The Morgan fingerprint density at radius 2 is 2.07 bits per heavy atom. The van der Waals surface area contributed by atoms with Crippen molar-refractivity contribution < 1.29 is 4.39 Å². The summed E-state index contributed by atoms with van der Waals surface area (Å²) in [6.45, 7) is 7.92. The molecule has 0 aromatic heterocycles. The Bertz CT molecular complexity index is 375. The monoisotopic (exact) mass is 206 g/mol. The number of hydrogen-bond donors (Lipinski definition) is 0. The van der Waals surface area contributed by atoms with Gasteiger partial charge in [0, 0.05) is 0 Å². The molecule has 0 spiro atoms. The van der Waals surface area contributed by atoms with Crippen molar-refractivity contribution in [2.24, 2.45) is 0 Å². The zero-order valence-electron chi connectivity index (χ0n) is 10.0. The zero-order valence-corrected chi connectivity index (χ0v) is 10.0. The first-order valence-electron chi connectivity index (χ1n) is 5.53. The molecule has 0 aliphatic heterocycles. The SMILES string of the molecule is C/C=C(\C)c1ccc(CCC)c(F)c1C. The molecule has 0 saturated carbocycles. The maximum absolute atomic E-state index is 13.9. The molecule has 0 N–H and O–H groups in total. The van der Waals surface area contributed by atoms with Gasteiger partial charge in [0.15, 0.2) is 0 Å². The lowest BCUT2D eigenvalue weighted by Crippen LogP contribution is -1.97. The van der Waals surface area contributed by atoms with Crippen molar-refractivity contribution in [1.82, 2.24) is 0 Å². The largest absolute Gasteiger partial charge is 0.206 e. The van der Waals surface area contributed by atoms with Crippen LogP contribution in [-0.2, 0) is 6.42 Å². The van der Waals surface area contributed by atoms with E-state index in [4.69, 9.17) is 0 Å². The lowest BCUT2D eigenvalue weighted by atomic mass is 9.97. The molecular weight excluding hydrogens is 187 g/mol. The number of hydrogen-bond acceptors (Lipinski definition) is 0. The lowest BCUT2D eigenvalue weighted by Gasteiger charge is -2.10. The van der Waals surface area contributed by atoms with Gasteiger partial charge in [-0.05, 0) is 49.5 Å². The van der Waals surface area contributed by atoms with Gasteiger partial charge in [-0.25, -0.2) is 4.39 Å². The molecule has 0 nitrogen and oxygen atoms in total. The first kappa shape index (κ1) is 12.0. The molecule has 0 unspecified atom stereocenters. The Kier molecular flexibility index (Phi) is 4.07. The van der Waals surface area contributed by atoms with E-state index in [1.165, 1.54) is 0 Å². The molecule has 0 amide bonds. The van der Waals surface area contributed by atoms with Gasteiger partial charge in [-0.3, -0.25) is 0 Å². The van der Waals surface area contributed by atoms with Crippen molar-refractivity contribution in [3.05, 3.63) is 40.7 Å². The van der Waals surface area contributed by atoms with Gasteiger partial charge < -0.3 is 0 Å². The van der Waals surface area contributed by atoms with Crippen LogP contribution in [-0.4, -0.2) is 0 Å². The van der Waals surface area contributed by atoms with E-state index in [2.05, 4.69) is 6.92 Å².